The van der Waals surface area contributed by atoms with Crippen molar-refractivity contribution in [3.8, 4) is 10.4 Å². The molecular formula is C21H23N5O3S. The molecule has 0 bridgehead atoms. The van der Waals surface area contributed by atoms with Crippen molar-refractivity contribution in [1.82, 2.24) is 19.3 Å². The van der Waals surface area contributed by atoms with Crippen molar-refractivity contribution in [2.24, 2.45) is 0 Å². The molecule has 156 valence electrons. The van der Waals surface area contributed by atoms with E-state index < -0.39 is 0 Å². The van der Waals surface area contributed by atoms with Gasteiger partial charge in [-0.05, 0) is 30.7 Å². The summed E-state index contributed by atoms with van der Waals surface area (Å²) in [7, 11) is 1.82. The molecule has 0 aliphatic carbocycles. The highest BCUT2D eigenvalue weighted by Gasteiger charge is 2.18. The summed E-state index contributed by atoms with van der Waals surface area (Å²) in [5, 5.41) is 21.5. The number of aliphatic hydroxyl groups is 2. The number of aromatic nitrogens is 3. The second-order valence-corrected chi connectivity index (χ2v) is 7.92. The zero-order chi connectivity index (χ0) is 21.3. The van der Waals surface area contributed by atoms with Gasteiger partial charge in [0.05, 0.1) is 13.2 Å². The van der Waals surface area contributed by atoms with Crippen LogP contribution < -0.4 is 5.32 Å². The largest absolute Gasteiger partial charge is 0.395 e. The number of anilines is 1. The van der Waals surface area contributed by atoms with Crippen molar-refractivity contribution in [3.05, 3.63) is 47.8 Å². The van der Waals surface area contributed by atoms with Crippen LogP contribution in [0.4, 0.5) is 5.82 Å². The Morgan fingerprint density at radius 3 is 2.70 bits per heavy atom. The second kappa shape index (κ2) is 8.39. The van der Waals surface area contributed by atoms with Crippen LogP contribution in [0.1, 0.15) is 16.1 Å². The molecule has 9 heteroatoms. The number of amides is 1. The average Bonchev–Trinajstić information content (AvgIpc) is 3.36. The number of hydrogen-bond acceptors (Lipinski definition) is 7. The van der Waals surface area contributed by atoms with Crippen LogP contribution in [0.25, 0.3) is 26.4 Å². The first-order valence-corrected chi connectivity index (χ1v) is 10.5. The summed E-state index contributed by atoms with van der Waals surface area (Å²) in [6.45, 7) is 2.07. The molecular weight excluding hydrogens is 402 g/mol. The van der Waals surface area contributed by atoms with E-state index in [2.05, 4.69) is 14.7 Å². The highest BCUT2D eigenvalue weighted by atomic mass is 32.1. The number of nitrogens with one attached hydrogen (secondary N) is 1. The summed E-state index contributed by atoms with van der Waals surface area (Å²) in [6, 6.07) is 9.40. The van der Waals surface area contributed by atoms with Crippen LogP contribution in [0.5, 0.6) is 0 Å². The van der Waals surface area contributed by atoms with Crippen molar-refractivity contribution < 1.29 is 15.0 Å². The molecule has 0 saturated heterocycles. The number of nitrogens with zero attached hydrogens (tertiary/aromatic N) is 4. The van der Waals surface area contributed by atoms with Crippen LogP contribution in [-0.2, 0) is 0 Å². The summed E-state index contributed by atoms with van der Waals surface area (Å²) >= 11 is 1.59. The van der Waals surface area contributed by atoms with Gasteiger partial charge in [0.15, 0.2) is 11.5 Å². The van der Waals surface area contributed by atoms with Crippen molar-refractivity contribution >= 4 is 39.1 Å². The number of thiophene rings is 1. The fourth-order valence-electron chi connectivity index (χ4n) is 3.50. The minimum absolute atomic E-state index is 0.151. The van der Waals surface area contributed by atoms with Crippen molar-refractivity contribution in [3.63, 3.8) is 0 Å². The Bertz CT molecular complexity index is 1210. The third-order valence-electron chi connectivity index (χ3n) is 4.94. The Hall–Kier alpha value is -3.01. The van der Waals surface area contributed by atoms with E-state index in [1.165, 1.54) is 4.90 Å². The Balaban J connectivity index is 1.78. The molecule has 1 aromatic carbocycles. The Morgan fingerprint density at radius 1 is 1.23 bits per heavy atom. The van der Waals surface area contributed by atoms with E-state index in [9.17, 15) is 15.0 Å². The topological polar surface area (TPSA) is 103 Å². The van der Waals surface area contributed by atoms with Gasteiger partial charge in [-0.1, -0.05) is 12.1 Å². The molecule has 0 aliphatic rings. The number of rotatable bonds is 7. The number of aliphatic hydroxyl groups excluding tert-OH is 2. The molecule has 0 aliphatic heterocycles. The van der Waals surface area contributed by atoms with Gasteiger partial charge < -0.3 is 20.4 Å². The van der Waals surface area contributed by atoms with E-state index in [4.69, 9.17) is 4.98 Å². The van der Waals surface area contributed by atoms with Gasteiger partial charge in [0.1, 0.15) is 10.3 Å². The number of imidazole rings is 1. The van der Waals surface area contributed by atoms with Crippen LogP contribution in [0, 0.1) is 6.92 Å². The molecule has 0 atom stereocenters. The maximum Gasteiger partial charge on any atom is 0.254 e. The Morgan fingerprint density at radius 2 is 2.00 bits per heavy atom. The smallest absolute Gasteiger partial charge is 0.254 e. The first-order valence-electron chi connectivity index (χ1n) is 9.64. The third kappa shape index (κ3) is 3.51. The number of carbonyl (C=O) groups is 1. The van der Waals surface area contributed by atoms with E-state index in [1.54, 1.807) is 17.4 Å². The zero-order valence-electron chi connectivity index (χ0n) is 16.8. The van der Waals surface area contributed by atoms with E-state index in [0.717, 1.165) is 32.1 Å². The van der Waals surface area contributed by atoms with Crippen LogP contribution in [0.15, 0.2) is 36.5 Å². The molecule has 30 heavy (non-hydrogen) atoms. The standard InChI is InChI=1S/C21H23N5O3S/c1-13-12-23-19-18(22-2)24-16-11-17(30-21(16)26(13)19)14-4-3-5-15(10-14)20(29)25(6-8-27)7-9-28/h3-5,10-12,27-28H,6-9H2,1-2H3,(H,22,24). The molecule has 0 unspecified atom stereocenters. The molecule has 0 saturated carbocycles. The first kappa shape index (κ1) is 20.3. The average molecular weight is 426 g/mol. The van der Waals surface area contributed by atoms with Crippen molar-refractivity contribution in [2.45, 2.75) is 6.92 Å². The molecule has 0 spiro atoms. The van der Waals surface area contributed by atoms with Gasteiger partial charge in [-0.25, -0.2) is 9.97 Å². The van der Waals surface area contributed by atoms with E-state index in [1.807, 2.05) is 44.4 Å². The number of aryl methyl sites for hydroxylation is 1. The highest BCUT2D eigenvalue weighted by molar-refractivity contribution is 7.21. The fraction of sp³-hybridized carbons (Fsp3) is 0.286. The predicted octanol–water partition coefficient (Wildman–Crippen LogP) is 2.39. The van der Waals surface area contributed by atoms with Gasteiger partial charge in [0.25, 0.3) is 5.91 Å². The van der Waals surface area contributed by atoms with E-state index in [-0.39, 0.29) is 32.2 Å². The summed E-state index contributed by atoms with van der Waals surface area (Å²) in [6.07, 6.45) is 1.83. The summed E-state index contributed by atoms with van der Waals surface area (Å²) in [4.78, 5) is 25.4. The lowest BCUT2D eigenvalue weighted by Gasteiger charge is -2.20. The van der Waals surface area contributed by atoms with Crippen LogP contribution in [0.3, 0.4) is 0 Å². The lowest BCUT2D eigenvalue weighted by Crippen LogP contribution is -2.35. The maximum absolute atomic E-state index is 12.8. The second-order valence-electron chi connectivity index (χ2n) is 6.89. The monoisotopic (exact) mass is 425 g/mol. The lowest BCUT2D eigenvalue weighted by atomic mass is 10.1. The molecule has 0 fully saturated rings. The molecule has 4 aromatic rings. The normalized spacial score (nSPS) is 11.3. The third-order valence-corrected chi connectivity index (χ3v) is 6.10. The minimum Gasteiger partial charge on any atom is -0.395 e. The number of hydrogen-bond donors (Lipinski definition) is 3. The minimum atomic E-state index is -0.218. The SMILES string of the molecule is CNc1nc2cc(-c3cccc(C(=O)N(CCO)CCO)c3)sc2n2c(C)cnc12. The molecule has 3 heterocycles. The molecule has 8 nitrogen and oxygen atoms in total. The Labute approximate surface area is 177 Å². The van der Waals surface area contributed by atoms with Crippen LogP contribution in [0.2, 0.25) is 0 Å². The summed E-state index contributed by atoms with van der Waals surface area (Å²) in [5.41, 5.74) is 4.08. The van der Waals surface area contributed by atoms with Gasteiger partial charge >= 0.3 is 0 Å². The number of carbonyl (C=O) groups excluding carboxylic acids is 1. The van der Waals surface area contributed by atoms with Gasteiger partial charge in [0.2, 0.25) is 0 Å². The fourth-order valence-corrected chi connectivity index (χ4v) is 4.65. The highest BCUT2D eigenvalue weighted by Crippen LogP contribution is 2.35. The Kier molecular flexibility index (Phi) is 5.67. The predicted molar refractivity (Wildman–Crippen MR) is 118 cm³/mol. The molecule has 3 aromatic heterocycles. The summed E-state index contributed by atoms with van der Waals surface area (Å²) in [5.74, 6) is 0.497. The van der Waals surface area contributed by atoms with Gasteiger partial charge in [0, 0.05) is 42.5 Å². The van der Waals surface area contributed by atoms with E-state index >= 15 is 0 Å². The molecule has 1 amide bonds. The molecule has 4 rings (SSSR count). The van der Waals surface area contributed by atoms with Crippen LogP contribution >= 0.6 is 11.3 Å². The van der Waals surface area contributed by atoms with Crippen molar-refractivity contribution in [1.29, 1.82) is 0 Å². The maximum atomic E-state index is 12.8. The van der Waals surface area contributed by atoms with E-state index in [0.29, 0.717) is 11.4 Å². The lowest BCUT2D eigenvalue weighted by molar-refractivity contribution is 0.0685. The summed E-state index contributed by atoms with van der Waals surface area (Å²) < 4.78 is 2.08. The zero-order valence-corrected chi connectivity index (χ0v) is 17.6. The molecule has 0 radical (unpaired) electrons. The van der Waals surface area contributed by atoms with Gasteiger partial charge in [-0.3, -0.25) is 9.20 Å². The van der Waals surface area contributed by atoms with Gasteiger partial charge in [-0.15, -0.1) is 11.3 Å². The quantitative estimate of drug-likeness (QED) is 0.420. The first-order chi connectivity index (χ1) is 14.6. The molecule has 3 N–H and O–H groups in total. The van der Waals surface area contributed by atoms with Crippen LogP contribution in [-0.4, -0.2) is 68.7 Å². The van der Waals surface area contributed by atoms with Crippen molar-refractivity contribution in [2.75, 3.05) is 38.7 Å². The van der Waals surface area contributed by atoms with Gasteiger partial charge in [-0.2, -0.15) is 0 Å². The number of fused-ring (bicyclic) bond motifs is 3. The number of benzene rings is 1.